The molecule has 0 amide bonds. The highest BCUT2D eigenvalue weighted by Gasteiger charge is 2.40. The van der Waals surface area contributed by atoms with Crippen LogP contribution in [-0.4, -0.2) is 60.4 Å². The summed E-state index contributed by atoms with van der Waals surface area (Å²) in [4.78, 5) is 22.9. The van der Waals surface area contributed by atoms with Gasteiger partial charge in [0.1, 0.15) is 0 Å². The third kappa shape index (κ3) is 7.64. The first-order valence-electron chi connectivity index (χ1n) is 8.79. The molecule has 0 unspecified atom stereocenters. The van der Waals surface area contributed by atoms with Gasteiger partial charge in [-0.05, 0) is 29.3 Å². The maximum atomic E-state index is 12.5. The predicted octanol–water partition coefficient (Wildman–Crippen LogP) is 4.63. The molecular formula is C19H17F6NO4S. The number of benzene rings is 1. The van der Waals surface area contributed by atoms with Gasteiger partial charge in [-0.1, -0.05) is 18.2 Å². The molecule has 1 aliphatic rings. The monoisotopic (exact) mass is 469 g/mol. The van der Waals surface area contributed by atoms with E-state index in [1.807, 2.05) is 24.3 Å². The summed E-state index contributed by atoms with van der Waals surface area (Å²) in [6.45, 7) is 3.94. The van der Waals surface area contributed by atoms with Gasteiger partial charge in [0, 0.05) is 24.5 Å². The third-order valence-electron chi connectivity index (χ3n) is 4.05. The van der Waals surface area contributed by atoms with Crippen molar-refractivity contribution in [2.24, 2.45) is 0 Å². The van der Waals surface area contributed by atoms with Gasteiger partial charge in [-0.15, -0.1) is 11.3 Å². The summed E-state index contributed by atoms with van der Waals surface area (Å²) < 4.78 is 74.6. The van der Waals surface area contributed by atoms with Crippen LogP contribution in [0.5, 0.6) is 0 Å². The smallest absolute Gasteiger partial charge is 0.475 e. The minimum absolute atomic E-state index is 0.281. The van der Waals surface area contributed by atoms with E-state index in [-0.39, 0.29) is 4.88 Å². The van der Waals surface area contributed by atoms with Gasteiger partial charge in [-0.3, -0.25) is 9.69 Å². The Hall–Kier alpha value is -2.44. The van der Waals surface area contributed by atoms with Crippen LogP contribution in [0, 0.1) is 0 Å². The molecule has 0 radical (unpaired) electrons. The highest BCUT2D eigenvalue weighted by molar-refractivity contribution is 7.17. The predicted molar refractivity (Wildman–Crippen MR) is 99.9 cm³/mol. The number of thiophene rings is 1. The molecule has 0 saturated carbocycles. The van der Waals surface area contributed by atoms with Crippen LogP contribution in [0.25, 0.3) is 10.4 Å². The topological polar surface area (TPSA) is 66.8 Å². The number of nitrogens with zero attached hydrogens (tertiary/aromatic N) is 1. The maximum Gasteiger partial charge on any atom is 0.490 e. The standard InChI is InChI=1S/C17H16F3NO2S.C2HF3O2/c18-17(19,20)16(22)15-5-4-14(24-15)13-3-1-2-12(10-13)11-21-6-8-23-9-7-21;3-2(4,5)1(6)7/h1-5,10H,6-9,11H2;(H,6,7). The molecule has 1 N–H and O–H groups in total. The Morgan fingerprint density at radius 3 is 2.16 bits per heavy atom. The summed E-state index contributed by atoms with van der Waals surface area (Å²) in [5.74, 6) is -4.55. The van der Waals surface area contributed by atoms with Gasteiger partial charge < -0.3 is 9.84 Å². The summed E-state index contributed by atoms with van der Waals surface area (Å²) in [7, 11) is 0. The van der Waals surface area contributed by atoms with Crippen molar-refractivity contribution in [2.45, 2.75) is 18.9 Å². The first-order valence-corrected chi connectivity index (χ1v) is 9.60. The fourth-order valence-corrected chi connectivity index (χ4v) is 3.56. The molecule has 1 aromatic carbocycles. The van der Waals surface area contributed by atoms with E-state index in [4.69, 9.17) is 14.6 Å². The number of ketones is 1. The molecule has 12 heteroatoms. The van der Waals surface area contributed by atoms with Crippen molar-refractivity contribution in [3.63, 3.8) is 0 Å². The van der Waals surface area contributed by atoms with Gasteiger partial charge >= 0.3 is 18.3 Å². The zero-order valence-electron chi connectivity index (χ0n) is 15.8. The van der Waals surface area contributed by atoms with Gasteiger partial charge in [0.05, 0.1) is 18.1 Å². The fraction of sp³-hybridized carbons (Fsp3) is 0.368. The number of carbonyl (C=O) groups excluding carboxylic acids is 1. The van der Waals surface area contributed by atoms with Crippen LogP contribution in [0.15, 0.2) is 36.4 Å². The molecule has 0 atom stereocenters. The van der Waals surface area contributed by atoms with Crippen molar-refractivity contribution in [1.82, 2.24) is 4.90 Å². The molecule has 1 aromatic heterocycles. The first-order chi connectivity index (χ1) is 14.4. The van der Waals surface area contributed by atoms with Crippen LogP contribution >= 0.6 is 11.3 Å². The van der Waals surface area contributed by atoms with Crippen LogP contribution in [0.1, 0.15) is 15.2 Å². The van der Waals surface area contributed by atoms with Crippen molar-refractivity contribution >= 4 is 23.1 Å². The zero-order valence-corrected chi connectivity index (χ0v) is 16.6. The minimum Gasteiger partial charge on any atom is -0.475 e. The van der Waals surface area contributed by atoms with E-state index in [0.29, 0.717) is 18.1 Å². The number of aliphatic carboxylic acids is 1. The number of halogens is 6. The van der Waals surface area contributed by atoms with Crippen LogP contribution in [0.4, 0.5) is 26.3 Å². The van der Waals surface area contributed by atoms with E-state index < -0.39 is 24.1 Å². The van der Waals surface area contributed by atoms with Crippen molar-refractivity contribution < 1.29 is 45.8 Å². The first kappa shape index (κ1) is 24.8. The second-order valence-electron chi connectivity index (χ2n) is 6.38. The number of carboxylic acids is 1. The Balaban J connectivity index is 0.000000423. The Bertz CT molecular complexity index is 903. The molecule has 3 rings (SSSR count). The Morgan fingerprint density at radius 1 is 1.00 bits per heavy atom. The van der Waals surface area contributed by atoms with Crippen LogP contribution in [0.2, 0.25) is 0 Å². The number of carboxylic acid groups (broad SMARTS) is 1. The molecule has 0 spiro atoms. The fourth-order valence-electron chi connectivity index (χ4n) is 2.60. The normalized spacial score (nSPS) is 15.2. The van der Waals surface area contributed by atoms with Gasteiger partial charge in [0.15, 0.2) is 0 Å². The van der Waals surface area contributed by atoms with E-state index in [0.717, 1.165) is 42.1 Å². The maximum absolute atomic E-state index is 12.5. The van der Waals surface area contributed by atoms with Gasteiger partial charge in [-0.2, -0.15) is 26.3 Å². The number of rotatable bonds is 4. The molecule has 2 aromatic rings. The molecule has 0 bridgehead atoms. The second-order valence-corrected chi connectivity index (χ2v) is 7.47. The summed E-state index contributed by atoms with van der Waals surface area (Å²) in [5.41, 5.74) is 1.92. The average molecular weight is 469 g/mol. The molecule has 5 nitrogen and oxygen atoms in total. The van der Waals surface area contributed by atoms with Gasteiger partial charge in [-0.25, -0.2) is 4.79 Å². The van der Waals surface area contributed by atoms with E-state index in [1.165, 1.54) is 6.07 Å². The molecule has 0 aliphatic carbocycles. The van der Waals surface area contributed by atoms with E-state index >= 15 is 0 Å². The zero-order chi connectivity index (χ0) is 23.2. The van der Waals surface area contributed by atoms with E-state index in [9.17, 15) is 31.1 Å². The molecule has 1 saturated heterocycles. The van der Waals surface area contributed by atoms with Crippen LogP contribution < -0.4 is 0 Å². The lowest BCUT2D eigenvalue weighted by Gasteiger charge is -2.26. The highest BCUT2D eigenvalue weighted by atomic mass is 32.1. The molecule has 31 heavy (non-hydrogen) atoms. The number of morpholine rings is 1. The van der Waals surface area contributed by atoms with Crippen LogP contribution in [-0.2, 0) is 16.1 Å². The number of carbonyl (C=O) groups is 2. The van der Waals surface area contributed by atoms with E-state index in [1.54, 1.807) is 6.07 Å². The van der Waals surface area contributed by atoms with Crippen molar-refractivity contribution in [3.8, 4) is 10.4 Å². The largest absolute Gasteiger partial charge is 0.490 e. The van der Waals surface area contributed by atoms with Gasteiger partial charge in [0.2, 0.25) is 0 Å². The average Bonchev–Trinajstić information content (AvgIpc) is 3.17. The number of ether oxygens (including phenoxy) is 1. The number of hydrogen-bond acceptors (Lipinski definition) is 5. The molecule has 170 valence electrons. The molecule has 2 heterocycles. The van der Waals surface area contributed by atoms with Crippen molar-refractivity contribution in [3.05, 3.63) is 46.8 Å². The SMILES string of the molecule is O=C(O)C(F)(F)F.O=C(c1ccc(-c2cccc(CN3CCOCC3)c2)s1)C(F)(F)F. The van der Waals surface area contributed by atoms with Gasteiger partial charge in [0.25, 0.3) is 5.78 Å². The quantitative estimate of drug-likeness (QED) is 0.523. The van der Waals surface area contributed by atoms with Crippen molar-refractivity contribution in [2.75, 3.05) is 26.3 Å². The van der Waals surface area contributed by atoms with Crippen LogP contribution in [0.3, 0.4) is 0 Å². The summed E-state index contributed by atoms with van der Waals surface area (Å²) in [6, 6.07) is 10.5. The number of alkyl halides is 6. The summed E-state index contributed by atoms with van der Waals surface area (Å²) in [6.07, 6.45) is -9.92. The summed E-state index contributed by atoms with van der Waals surface area (Å²) in [5, 5.41) is 7.12. The number of Topliss-reactive ketones (excluding diaryl/α,β-unsaturated/α-hetero) is 1. The Labute approximate surface area is 176 Å². The lowest BCUT2D eigenvalue weighted by molar-refractivity contribution is -0.192. The number of hydrogen-bond donors (Lipinski definition) is 1. The second kappa shape index (κ2) is 10.2. The summed E-state index contributed by atoms with van der Waals surface area (Å²) >= 11 is 0.873. The molecular weight excluding hydrogens is 452 g/mol. The molecule has 1 fully saturated rings. The van der Waals surface area contributed by atoms with Crippen molar-refractivity contribution in [1.29, 1.82) is 0 Å². The highest BCUT2D eigenvalue weighted by Crippen LogP contribution is 2.32. The third-order valence-corrected chi connectivity index (χ3v) is 5.18. The molecule has 1 aliphatic heterocycles. The lowest BCUT2D eigenvalue weighted by Crippen LogP contribution is -2.35. The lowest BCUT2D eigenvalue weighted by atomic mass is 10.1. The minimum atomic E-state index is -5.08. The Kier molecular flexibility index (Phi) is 8.21. The van der Waals surface area contributed by atoms with E-state index in [2.05, 4.69) is 4.90 Å². The Morgan fingerprint density at radius 2 is 1.61 bits per heavy atom.